The molecule has 7 nitrogen and oxygen atoms in total. The van der Waals surface area contributed by atoms with Crippen LogP contribution in [0.15, 0.2) is 24.5 Å². The van der Waals surface area contributed by atoms with Crippen LogP contribution < -0.4 is 10.6 Å². The Morgan fingerprint density at radius 1 is 1.43 bits per heavy atom. The number of carbonyl (C=O) groups excluding carboxylic acids is 1. The van der Waals surface area contributed by atoms with Gasteiger partial charge in [-0.1, -0.05) is 0 Å². The van der Waals surface area contributed by atoms with E-state index in [2.05, 4.69) is 20.7 Å². The second-order valence-electron chi connectivity index (χ2n) is 5.46. The summed E-state index contributed by atoms with van der Waals surface area (Å²) in [5, 5.41) is 9.68. The number of nitrogens with zero attached hydrogens (tertiary/aromatic N) is 3. The summed E-state index contributed by atoms with van der Waals surface area (Å²) in [6.45, 7) is 2.53. The van der Waals surface area contributed by atoms with Crippen molar-refractivity contribution in [2.24, 2.45) is 7.05 Å². The molecule has 8 heteroatoms. The molecule has 0 unspecified atom stereocenters. The van der Waals surface area contributed by atoms with Gasteiger partial charge in [0, 0.05) is 24.9 Å². The summed E-state index contributed by atoms with van der Waals surface area (Å²) in [5.41, 5.74) is 1.97. The number of anilines is 1. The van der Waals surface area contributed by atoms with E-state index >= 15 is 0 Å². The Morgan fingerprint density at radius 3 is 2.91 bits per heavy atom. The van der Waals surface area contributed by atoms with Crippen molar-refractivity contribution in [3.63, 3.8) is 0 Å². The number of amides is 2. The standard InChI is InChI=1S/C15H18FN5O2/c1-9-11(8-18-21(9)2)14-12(5-6-23-14)19-15(22)20-13-4-3-10(16)7-17-13/h3-4,7-8,12,14H,5-6H2,1-2H3,(H2,17,19,20,22)/t12-,14+/m0/s1. The van der Waals surface area contributed by atoms with Gasteiger partial charge in [0.2, 0.25) is 0 Å². The topological polar surface area (TPSA) is 81.1 Å². The van der Waals surface area contributed by atoms with Crippen molar-refractivity contribution in [3.05, 3.63) is 41.6 Å². The fraction of sp³-hybridized carbons (Fsp3) is 0.400. The summed E-state index contributed by atoms with van der Waals surface area (Å²) in [5.74, 6) is -0.163. The number of halogens is 1. The summed E-state index contributed by atoms with van der Waals surface area (Å²) in [6, 6.07) is 2.09. The second-order valence-corrected chi connectivity index (χ2v) is 5.46. The van der Waals surface area contributed by atoms with E-state index in [0.29, 0.717) is 13.0 Å². The van der Waals surface area contributed by atoms with Gasteiger partial charge in [-0.2, -0.15) is 5.10 Å². The molecule has 2 amide bonds. The molecule has 23 heavy (non-hydrogen) atoms. The van der Waals surface area contributed by atoms with Crippen LogP contribution in [0.4, 0.5) is 15.0 Å². The van der Waals surface area contributed by atoms with Gasteiger partial charge < -0.3 is 10.1 Å². The first kappa shape index (κ1) is 15.4. The molecule has 2 N–H and O–H groups in total. The van der Waals surface area contributed by atoms with Crippen molar-refractivity contribution in [2.75, 3.05) is 11.9 Å². The maximum absolute atomic E-state index is 12.8. The normalized spacial score (nSPS) is 20.5. The summed E-state index contributed by atoms with van der Waals surface area (Å²) >= 11 is 0. The van der Waals surface area contributed by atoms with E-state index in [-0.39, 0.29) is 18.0 Å². The lowest BCUT2D eigenvalue weighted by molar-refractivity contribution is 0.0998. The number of hydrogen-bond donors (Lipinski definition) is 2. The van der Waals surface area contributed by atoms with Gasteiger partial charge in [-0.15, -0.1) is 0 Å². The van der Waals surface area contributed by atoms with Crippen LogP contribution in [0.2, 0.25) is 0 Å². The Kier molecular flexibility index (Phi) is 4.24. The third kappa shape index (κ3) is 3.31. The van der Waals surface area contributed by atoms with Gasteiger partial charge in [0.1, 0.15) is 17.7 Å². The van der Waals surface area contributed by atoms with Crippen LogP contribution in [0, 0.1) is 12.7 Å². The highest BCUT2D eigenvalue weighted by molar-refractivity contribution is 5.88. The van der Waals surface area contributed by atoms with Crippen molar-refractivity contribution in [3.8, 4) is 0 Å². The van der Waals surface area contributed by atoms with E-state index in [1.807, 2.05) is 14.0 Å². The van der Waals surface area contributed by atoms with Crippen LogP contribution >= 0.6 is 0 Å². The van der Waals surface area contributed by atoms with Crippen molar-refractivity contribution in [1.29, 1.82) is 0 Å². The first-order valence-corrected chi connectivity index (χ1v) is 7.34. The average molecular weight is 319 g/mol. The third-order valence-electron chi connectivity index (χ3n) is 3.96. The first-order chi connectivity index (χ1) is 11.0. The Labute approximate surface area is 132 Å². The molecule has 0 spiro atoms. The predicted octanol–water partition coefficient (Wildman–Crippen LogP) is 1.91. The molecule has 0 aliphatic carbocycles. The van der Waals surface area contributed by atoms with Crippen molar-refractivity contribution in [2.45, 2.75) is 25.5 Å². The van der Waals surface area contributed by atoms with E-state index < -0.39 is 11.8 Å². The highest BCUT2D eigenvalue weighted by Gasteiger charge is 2.33. The third-order valence-corrected chi connectivity index (χ3v) is 3.96. The van der Waals surface area contributed by atoms with Gasteiger partial charge in [0.15, 0.2) is 0 Å². The van der Waals surface area contributed by atoms with E-state index in [9.17, 15) is 9.18 Å². The number of nitrogens with one attached hydrogen (secondary N) is 2. The number of aromatic nitrogens is 3. The van der Waals surface area contributed by atoms with E-state index in [1.165, 1.54) is 12.1 Å². The molecule has 0 radical (unpaired) electrons. The monoisotopic (exact) mass is 319 g/mol. The van der Waals surface area contributed by atoms with Gasteiger partial charge in [-0.25, -0.2) is 14.2 Å². The number of urea groups is 1. The number of pyridine rings is 1. The summed E-state index contributed by atoms with van der Waals surface area (Å²) in [6.07, 6.45) is 3.30. The number of hydrogen-bond acceptors (Lipinski definition) is 4. The fourth-order valence-corrected chi connectivity index (χ4v) is 2.61. The molecule has 1 saturated heterocycles. The highest BCUT2D eigenvalue weighted by atomic mass is 19.1. The van der Waals surface area contributed by atoms with Crippen LogP contribution in [0.5, 0.6) is 0 Å². The Bertz CT molecular complexity index is 700. The number of carbonyl (C=O) groups is 1. The molecule has 0 aromatic carbocycles. The van der Waals surface area contributed by atoms with Crippen LogP contribution in [0.25, 0.3) is 0 Å². The minimum Gasteiger partial charge on any atom is -0.371 e. The molecule has 122 valence electrons. The maximum atomic E-state index is 12.8. The average Bonchev–Trinajstić information content (AvgIpc) is 3.09. The molecule has 1 aliphatic rings. The molecule has 3 rings (SSSR count). The Balaban J connectivity index is 1.65. The molecule has 2 aromatic heterocycles. The summed E-state index contributed by atoms with van der Waals surface area (Å²) in [7, 11) is 1.86. The van der Waals surface area contributed by atoms with Crippen molar-refractivity contribution in [1.82, 2.24) is 20.1 Å². The van der Waals surface area contributed by atoms with E-state index in [4.69, 9.17) is 4.74 Å². The second kappa shape index (κ2) is 6.33. The van der Waals surface area contributed by atoms with Gasteiger partial charge >= 0.3 is 6.03 Å². The molecule has 3 heterocycles. The Morgan fingerprint density at radius 2 is 2.26 bits per heavy atom. The van der Waals surface area contributed by atoms with Crippen LogP contribution in [0.3, 0.4) is 0 Å². The smallest absolute Gasteiger partial charge is 0.320 e. The van der Waals surface area contributed by atoms with Crippen LogP contribution in [0.1, 0.15) is 23.8 Å². The lowest BCUT2D eigenvalue weighted by atomic mass is 10.0. The minimum absolute atomic E-state index is 0.154. The van der Waals surface area contributed by atoms with Crippen molar-refractivity contribution >= 4 is 11.8 Å². The lowest BCUT2D eigenvalue weighted by Crippen LogP contribution is -2.39. The quantitative estimate of drug-likeness (QED) is 0.905. The van der Waals surface area contributed by atoms with Crippen LogP contribution in [-0.2, 0) is 11.8 Å². The number of ether oxygens (including phenoxy) is 1. The summed E-state index contributed by atoms with van der Waals surface area (Å²) < 4.78 is 20.3. The van der Waals surface area contributed by atoms with Gasteiger partial charge in [-0.05, 0) is 25.5 Å². The molecule has 1 fully saturated rings. The zero-order chi connectivity index (χ0) is 16.4. The van der Waals surface area contributed by atoms with E-state index in [0.717, 1.165) is 17.5 Å². The van der Waals surface area contributed by atoms with Gasteiger partial charge in [0.05, 0.1) is 18.4 Å². The molecule has 0 saturated carbocycles. The zero-order valence-corrected chi connectivity index (χ0v) is 12.9. The Hall–Kier alpha value is -2.48. The minimum atomic E-state index is -0.452. The van der Waals surface area contributed by atoms with Crippen LogP contribution in [-0.4, -0.2) is 33.4 Å². The van der Waals surface area contributed by atoms with Gasteiger partial charge in [-0.3, -0.25) is 10.00 Å². The molecular weight excluding hydrogens is 301 g/mol. The SMILES string of the molecule is Cc1c([C@H]2OCC[C@@H]2NC(=O)Nc2ccc(F)cn2)cnn1C. The molecule has 1 aliphatic heterocycles. The number of rotatable bonds is 3. The number of aryl methyl sites for hydroxylation is 1. The largest absolute Gasteiger partial charge is 0.371 e. The van der Waals surface area contributed by atoms with Gasteiger partial charge in [0.25, 0.3) is 0 Å². The molecule has 0 bridgehead atoms. The molecular formula is C15H18FN5O2. The molecule has 2 atom stereocenters. The predicted molar refractivity (Wildman–Crippen MR) is 81.4 cm³/mol. The van der Waals surface area contributed by atoms with E-state index in [1.54, 1.807) is 10.9 Å². The van der Waals surface area contributed by atoms with Crippen molar-refractivity contribution < 1.29 is 13.9 Å². The highest BCUT2D eigenvalue weighted by Crippen LogP contribution is 2.30. The molecule has 2 aromatic rings. The summed E-state index contributed by atoms with van der Waals surface area (Å²) in [4.78, 5) is 15.9. The first-order valence-electron chi connectivity index (χ1n) is 7.34. The lowest BCUT2D eigenvalue weighted by Gasteiger charge is -2.20. The fourth-order valence-electron chi connectivity index (χ4n) is 2.61. The maximum Gasteiger partial charge on any atom is 0.320 e. The zero-order valence-electron chi connectivity index (χ0n) is 12.9.